The molecule has 0 bridgehead atoms. The van der Waals surface area contributed by atoms with Crippen LogP contribution in [0, 0.1) is 6.92 Å². The van der Waals surface area contributed by atoms with E-state index in [9.17, 15) is 21.6 Å². The van der Waals surface area contributed by atoms with E-state index in [1.54, 1.807) is 12.1 Å². The molecule has 0 aromatic heterocycles. The summed E-state index contributed by atoms with van der Waals surface area (Å²) < 4.78 is 50.4. The first-order valence-corrected chi connectivity index (χ1v) is 13.1. The molecule has 0 heterocycles. The first kappa shape index (κ1) is 24.9. The molecule has 0 aliphatic heterocycles. The van der Waals surface area contributed by atoms with Crippen molar-refractivity contribution in [1.82, 2.24) is 4.31 Å². The molecular formula is C22H22ClN3O5S2. The van der Waals surface area contributed by atoms with Crippen LogP contribution in [0.15, 0.2) is 82.6 Å². The first-order chi connectivity index (χ1) is 15.4. The fourth-order valence-electron chi connectivity index (χ4n) is 2.97. The minimum absolute atomic E-state index is 0.00400. The molecule has 3 N–H and O–H groups in total. The molecule has 3 aromatic rings. The second-order valence-electron chi connectivity index (χ2n) is 7.33. The number of hydrogen-bond donors (Lipinski definition) is 2. The zero-order valence-electron chi connectivity index (χ0n) is 17.6. The molecular weight excluding hydrogens is 486 g/mol. The molecule has 0 spiro atoms. The van der Waals surface area contributed by atoms with Crippen molar-refractivity contribution >= 4 is 43.2 Å². The number of nitrogens with zero attached hydrogens (tertiary/aromatic N) is 1. The van der Waals surface area contributed by atoms with E-state index in [0.29, 0.717) is 16.3 Å². The van der Waals surface area contributed by atoms with Gasteiger partial charge in [-0.15, -0.1) is 0 Å². The lowest BCUT2D eigenvalue weighted by atomic mass is 10.1. The van der Waals surface area contributed by atoms with Crippen LogP contribution >= 0.6 is 11.6 Å². The Labute approximate surface area is 198 Å². The Balaban J connectivity index is 1.84. The van der Waals surface area contributed by atoms with Gasteiger partial charge in [-0.3, -0.25) is 4.79 Å². The lowest BCUT2D eigenvalue weighted by molar-refractivity contribution is -0.116. The number of halogens is 1. The number of rotatable bonds is 8. The summed E-state index contributed by atoms with van der Waals surface area (Å²) in [5, 5.41) is 8.04. The largest absolute Gasteiger partial charge is 0.325 e. The Kier molecular flexibility index (Phi) is 7.55. The zero-order chi connectivity index (χ0) is 24.2. The number of benzene rings is 3. The number of sulfonamides is 2. The minimum Gasteiger partial charge on any atom is -0.325 e. The predicted molar refractivity (Wildman–Crippen MR) is 127 cm³/mol. The smallest absolute Gasteiger partial charge is 0.243 e. The van der Waals surface area contributed by atoms with E-state index >= 15 is 0 Å². The second kappa shape index (κ2) is 10.0. The van der Waals surface area contributed by atoms with Crippen LogP contribution in [-0.4, -0.2) is 33.6 Å². The summed E-state index contributed by atoms with van der Waals surface area (Å²) in [7, 11) is -7.89. The molecule has 1 amide bonds. The van der Waals surface area contributed by atoms with Gasteiger partial charge >= 0.3 is 0 Å². The van der Waals surface area contributed by atoms with E-state index in [-0.39, 0.29) is 16.3 Å². The molecule has 11 heteroatoms. The van der Waals surface area contributed by atoms with Crippen LogP contribution < -0.4 is 10.5 Å². The number of anilines is 1. The van der Waals surface area contributed by atoms with Crippen molar-refractivity contribution in [2.45, 2.75) is 23.3 Å². The number of nitrogens with one attached hydrogen (secondary N) is 1. The quantitative estimate of drug-likeness (QED) is 0.484. The van der Waals surface area contributed by atoms with Gasteiger partial charge in [0.1, 0.15) is 0 Å². The SMILES string of the molecule is Cc1ccc(CN(CC(=O)Nc2ccc(S(N)(=O)=O)cc2)S(=O)(=O)c2ccc(Cl)cc2)cc1. The number of carbonyl (C=O) groups is 1. The van der Waals surface area contributed by atoms with Gasteiger partial charge in [0.15, 0.2) is 0 Å². The van der Waals surface area contributed by atoms with Gasteiger partial charge in [0.25, 0.3) is 0 Å². The van der Waals surface area contributed by atoms with E-state index in [1.165, 1.54) is 48.5 Å². The predicted octanol–water partition coefficient (Wildman–Crippen LogP) is 3.13. The molecule has 174 valence electrons. The lowest BCUT2D eigenvalue weighted by Crippen LogP contribution is -2.37. The second-order valence-corrected chi connectivity index (χ2v) is 11.3. The summed E-state index contributed by atoms with van der Waals surface area (Å²) in [5.74, 6) is -0.594. The summed E-state index contributed by atoms with van der Waals surface area (Å²) in [5.41, 5.74) is 2.03. The van der Waals surface area contributed by atoms with Crippen LogP contribution in [-0.2, 0) is 31.4 Å². The van der Waals surface area contributed by atoms with Crippen LogP contribution in [0.3, 0.4) is 0 Å². The first-order valence-electron chi connectivity index (χ1n) is 9.69. The van der Waals surface area contributed by atoms with Gasteiger partial charge in [0.2, 0.25) is 26.0 Å². The molecule has 0 unspecified atom stereocenters. The Hall–Kier alpha value is -2.76. The highest BCUT2D eigenvalue weighted by molar-refractivity contribution is 7.89. The van der Waals surface area contributed by atoms with E-state index < -0.39 is 32.5 Å². The van der Waals surface area contributed by atoms with Gasteiger partial charge in [0, 0.05) is 17.3 Å². The van der Waals surface area contributed by atoms with E-state index in [0.717, 1.165) is 9.87 Å². The molecule has 0 fully saturated rings. The maximum absolute atomic E-state index is 13.3. The highest BCUT2D eigenvalue weighted by atomic mass is 35.5. The van der Waals surface area contributed by atoms with Gasteiger partial charge in [-0.2, -0.15) is 4.31 Å². The Morgan fingerprint density at radius 2 is 1.42 bits per heavy atom. The topological polar surface area (TPSA) is 127 Å². The number of nitrogens with two attached hydrogens (primary N) is 1. The van der Waals surface area contributed by atoms with Crippen LogP contribution in [0.2, 0.25) is 5.02 Å². The third-order valence-electron chi connectivity index (χ3n) is 4.72. The zero-order valence-corrected chi connectivity index (χ0v) is 20.0. The summed E-state index contributed by atoms with van der Waals surface area (Å²) in [6.45, 7) is 1.43. The number of aryl methyl sites for hydroxylation is 1. The van der Waals surface area contributed by atoms with Crippen LogP contribution in [0.5, 0.6) is 0 Å². The molecule has 33 heavy (non-hydrogen) atoms. The van der Waals surface area contributed by atoms with Gasteiger partial charge in [0.05, 0.1) is 16.3 Å². The van der Waals surface area contributed by atoms with Crippen molar-refractivity contribution < 1.29 is 21.6 Å². The van der Waals surface area contributed by atoms with Crippen molar-refractivity contribution in [3.63, 3.8) is 0 Å². The molecule has 3 rings (SSSR count). The highest BCUT2D eigenvalue weighted by Crippen LogP contribution is 2.21. The third-order valence-corrected chi connectivity index (χ3v) is 7.70. The number of primary sulfonamides is 1. The van der Waals surface area contributed by atoms with Gasteiger partial charge in [-0.05, 0) is 61.0 Å². The summed E-state index contributed by atoms with van der Waals surface area (Å²) in [4.78, 5) is 12.6. The molecule has 0 atom stereocenters. The van der Waals surface area contributed by atoms with Crippen molar-refractivity contribution in [2.75, 3.05) is 11.9 Å². The lowest BCUT2D eigenvalue weighted by Gasteiger charge is -2.22. The fraction of sp³-hybridized carbons (Fsp3) is 0.136. The van der Waals surface area contributed by atoms with Crippen LogP contribution in [0.4, 0.5) is 5.69 Å². The van der Waals surface area contributed by atoms with Crippen molar-refractivity contribution in [2.24, 2.45) is 5.14 Å². The number of hydrogen-bond acceptors (Lipinski definition) is 5. The van der Waals surface area contributed by atoms with Crippen molar-refractivity contribution in [3.05, 3.63) is 88.9 Å². The monoisotopic (exact) mass is 507 g/mol. The maximum Gasteiger partial charge on any atom is 0.243 e. The summed E-state index contributed by atoms with van der Waals surface area (Å²) in [6.07, 6.45) is 0. The van der Waals surface area contributed by atoms with E-state index in [2.05, 4.69) is 5.32 Å². The fourth-order valence-corrected chi connectivity index (χ4v) is 4.99. The number of amides is 1. The Morgan fingerprint density at radius 1 is 0.879 bits per heavy atom. The molecule has 0 aliphatic rings. The van der Waals surface area contributed by atoms with Crippen molar-refractivity contribution in [3.8, 4) is 0 Å². The average molecular weight is 508 g/mol. The summed E-state index contributed by atoms with van der Waals surface area (Å²) in [6, 6.07) is 18.2. The molecule has 0 aliphatic carbocycles. The van der Waals surface area contributed by atoms with E-state index in [1.807, 2.05) is 19.1 Å². The van der Waals surface area contributed by atoms with Crippen molar-refractivity contribution in [1.29, 1.82) is 0 Å². The highest BCUT2D eigenvalue weighted by Gasteiger charge is 2.27. The standard InChI is InChI=1S/C22H22ClN3O5S2/c1-16-2-4-17(5-3-16)14-26(33(30,31)21-10-6-18(23)7-11-21)15-22(27)25-19-8-12-20(13-9-19)32(24,28)29/h2-13H,14-15H2,1H3,(H,25,27)(H2,24,28,29). The summed E-state index contributed by atoms with van der Waals surface area (Å²) >= 11 is 5.88. The third kappa shape index (κ3) is 6.62. The Bertz CT molecular complexity index is 1340. The number of carbonyl (C=O) groups excluding carboxylic acids is 1. The molecule has 3 aromatic carbocycles. The van der Waals surface area contributed by atoms with E-state index in [4.69, 9.17) is 16.7 Å². The molecule has 8 nitrogen and oxygen atoms in total. The Morgan fingerprint density at radius 3 is 1.97 bits per heavy atom. The normalized spacial score (nSPS) is 12.0. The minimum atomic E-state index is -4.02. The molecule has 0 radical (unpaired) electrons. The van der Waals surface area contributed by atoms with Gasteiger partial charge in [-0.25, -0.2) is 22.0 Å². The molecule has 0 saturated carbocycles. The van der Waals surface area contributed by atoms with Crippen LogP contribution in [0.1, 0.15) is 11.1 Å². The molecule has 0 saturated heterocycles. The average Bonchev–Trinajstić information content (AvgIpc) is 2.75. The van der Waals surface area contributed by atoms with Gasteiger partial charge in [-0.1, -0.05) is 41.4 Å². The van der Waals surface area contributed by atoms with Gasteiger partial charge < -0.3 is 5.32 Å². The maximum atomic E-state index is 13.3. The van der Waals surface area contributed by atoms with Crippen LogP contribution in [0.25, 0.3) is 0 Å².